The molecule has 2 rings (SSSR count). The predicted octanol–water partition coefficient (Wildman–Crippen LogP) is 1.52. The minimum absolute atomic E-state index is 0.0524. The van der Waals surface area contributed by atoms with Crippen molar-refractivity contribution in [3.8, 4) is 0 Å². The van der Waals surface area contributed by atoms with Gasteiger partial charge in [0.05, 0.1) is 6.61 Å². The van der Waals surface area contributed by atoms with Crippen molar-refractivity contribution in [2.24, 2.45) is 11.8 Å². The maximum Gasteiger partial charge on any atom is 0.303 e. The fourth-order valence-corrected chi connectivity index (χ4v) is 2.55. The maximum absolute atomic E-state index is 12.0. The summed E-state index contributed by atoms with van der Waals surface area (Å²) < 4.78 is 5.42. The molecular weight excluding hydrogens is 246 g/mol. The average molecular weight is 269 g/mol. The first-order chi connectivity index (χ1) is 9.15. The smallest absolute Gasteiger partial charge is 0.303 e. The molecule has 108 valence electrons. The number of carboxylic acids is 1. The molecule has 0 aromatic rings. The Balaban J connectivity index is 1.68. The molecule has 0 aromatic heterocycles. The van der Waals surface area contributed by atoms with E-state index in [0.29, 0.717) is 19.1 Å². The summed E-state index contributed by atoms with van der Waals surface area (Å²) in [6.45, 7) is 2.30. The van der Waals surface area contributed by atoms with E-state index in [-0.39, 0.29) is 24.9 Å². The molecule has 2 aliphatic rings. The maximum atomic E-state index is 12.0. The highest BCUT2D eigenvalue weighted by Gasteiger charge is 2.24. The summed E-state index contributed by atoms with van der Waals surface area (Å²) in [6.07, 6.45) is 5.27. The molecular formula is C14H23NO4. The van der Waals surface area contributed by atoms with E-state index < -0.39 is 5.97 Å². The molecule has 1 saturated carbocycles. The number of aliphatic carboxylic acids is 1. The normalized spacial score (nSPS) is 24.0. The first-order valence-corrected chi connectivity index (χ1v) is 7.22. The Morgan fingerprint density at radius 3 is 2.58 bits per heavy atom. The molecule has 19 heavy (non-hydrogen) atoms. The molecule has 1 aliphatic carbocycles. The second kappa shape index (κ2) is 6.89. The molecule has 1 unspecified atom stereocenters. The number of likely N-dealkylation sites (tertiary alicyclic amines) is 1. The number of amides is 1. The van der Waals surface area contributed by atoms with Crippen molar-refractivity contribution in [1.29, 1.82) is 0 Å². The fraction of sp³-hybridized carbons (Fsp3) is 0.857. The molecule has 1 heterocycles. The van der Waals surface area contributed by atoms with Crippen LogP contribution in [-0.4, -0.2) is 48.2 Å². The van der Waals surface area contributed by atoms with Gasteiger partial charge in [-0.2, -0.15) is 0 Å². The Kier molecular flexibility index (Phi) is 5.19. The first-order valence-electron chi connectivity index (χ1n) is 7.22. The highest BCUT2D eigenvalue weighted by molar-refractivity contribution is 5.77. The second-order valence-corrected chi connectivity index (χ2v) is 5.73. The number of carbonyl (C=O) groups is 2. The van der Waals surface area contributed by atoms with Gasteiger partial charge in [0.2, 0.25) is 5.91 Å². The van der Waals surface area contributed by atoms with Crippen molar-refractivity contribution in [3.63, 3.8) is 0 Å². The summed E-state index contributed by atoms with van der Waals surface area (Å²) in [5.41, 5.74) is 0. The van der Waals surface area contributed by atoms with Gasteiger partial charge >= 0.3 is 5.97 Å². The Morgan fingerprint density at radius 2 is 1.89 bits per heavy atom. The van der Waals surface area contributed by atoms with Gasteiger partial charge in [-0.3, -0.25) is 9.59 Å². The van der Waals surface area contributed by atoms with E-state index in [1.165, 1.54) is 12.8 Å². The van der Waals surface area contributed by atoms with Gasteiger partial charge in [-0.1, -0.05) is 0 Å². The van der Waals surface area contributed by atoms with Crippen LogP contribution in [0.3, 0.4) is 0 Å². The van der Waals surface area contributed by atoms with E-state index in [1.807, 2.05) is 4.90 Å². The van der Waals surface area contributed by atoms with Crippen molar-refractivity contribution in [1.82, 2.24) is 4.90 Å². The molecule has 0 aromatic carbocycles. The first kappa shape index (κ1) is 14.3. The van der Waals surface area contributed by atoms with E-state index >= 15 is 0 Å². The van der Waals surface area contributed by atoms with E-state index in [0.717, 1.165) is 25.8 Å². The van der Waals surface area contributed by atoms with Gasteiger partial charge in [-0.05, 0) is 43.9 Å². The Morgan fingerprint density at radius 1 is 1.11 bits per heavy atom. The minimum Gasteiger partial charge on any atom is -0.481 e. The highest BCUT2D eigenvalue weighted by atomic mass is 16.5. The van der Waals surface area contributed by atoms with Crippen LogP contribution >= 0.6 is 0 Å². The second-order valence-electron chi connectivity index (χ2n) is 5.73. The molecule has 0 spiro atoms. The van der Waals surface area contributed by atoms with Gasteiger partial charge in [-0.15, -0.1) is 0 Å². The molecule has 1 atom stereocenters. The Labute approximate surface area is 113 Å². The SMILES string of the molecule is O=C(O)CC1CCCN(C(=O)COCC2CC2)CC1. The third-order valence-electron chi connectivity index (χ3n) is 3.94. The third-order valence-corrected chi connectivity index (χ3v) is 3.94. The van der Waals surface area contributed by atoms with E-state index in [9.17, 15) is 9.59 Å². The van der Waals surface area contributed by atoms with E-state index in [1.54, 1.807) is 0 Å². The van der Waals surface area contributed by atoms with Crippen LogP contribution in [0.1, 0.15) is 38.5 Å². The summed E-state index contributed by atoms with van der Waals surface area (Å²) in [5, 5.41) is 8.81. The summed E-state index contributed by atoms with van der Waals surface area (Å²) in [6, 6.07) is 0. The lowest BCUT2D eigenvalue weighted by Crippen LogP contribution is -2.35. The number of hydrogen-bond donors (Lipinski definition) is 1. The molecule has 0 bridgehead atoms. The van der Waals surface area contributed by atoms with Crippen molar-refractivity contribution < 1.29 is 19.4 Å². The quantitative estimate of drug-likeness (QED) is 0.794. The number of nitrogens with zero attached hydrogens (tertiary/aromatic N) is 1. The van der Waals surface area contributed by atoms with Crippen LogP contribution in [0.5, 0.6) is 0 Å². The van der Waals surface area contributed by atoms with Crippen molar-refractivity contribution in [2.45, 2.75) is 38.5 Å². The fourth-order valence-electron chi connectivity index (χ4n) is 2.55. The molecule has 2 fully saturated rings. The Bertz CT molecular complexity index is 327. The lowest BCUT2D eigenvalue weighted by atomic mass is 9.97. The summed E-state index contributed by atoms with van der Waals surface area (Å²) in [4.78, 5) is 24.5. The number of carbonyl (C=O) groups excluding carboxylic acids is 1. The van der Waals surface area contributed by atoms with Crippen molar-refractivity contribution >= 4 is 11.9 Å². The minimum atomic E-state index is -0.738. The number of hydrogen-bond acceptors (Lipinski definition) is 3. The number of carboxylic acid groups (broad SMARTS) is 1. The molecule has 1 N–H and O–H groups in total. The van der Waals surface area contributed by atoms with Gasteiger partial charge in [0.15, 0.2) is 0 Å². The van der Waals surface area contributed by atoms with Gasteiger partial charge < -0.3 is 14.7 Å². The standard InChI is InChI=1S/C14H23NO4/c16-13(10-19-9-12-3-4-12)15-6-1-2-11(5-7-15)8-14(17)18/h11-12H,1-10H2,(H,17,18). The Hall–Kier alpha value is -1.10. The predicted molar refractivity (Wildman–Crippen MR) is 69.7 cm³/mol. The summed E-state index contributed by atoms with van der Waals surface area (Å²) >= 11 is 0. The number of ether oxygens (including phenoxy) is 1. The molecule has 0 radical (unpaired) electrons. The van der Waals surface area contributed by atoms with Crippen LogP contribution in [0.2, 0.25) is 0 Å². The zero-order chi connectivity index (χ0) is 13.7. The lowest BCUT2D eigenvalue weighted by Gasteiger charge is -2.20. The van der Waals surface area contributed by atoms with Crippen LogP contribution in [0.4, 0.5) is 0 Å². The van der Waals surface area contributed by atoms with Crippen molar-refractivity contribution in [3.05, 3.63) is 0 Å². The van der Waals surface area contributed by atoms with Crippen LogP contribution in [0.15, 0.2) is 0 Å². The van der Waals surface area contributed by atoms with Crippen LogP contribution < -0.4 is 0 Å². The topological polar surface area (TPSA) is 66.8 Å². The van der Waals surface area contributed by atoms with Crippen LogP contribution in [0.25, 0.3) is 0 Å². The van der Waals surface area contributed by atoms with E-state index in [2.05, 4.69) is 0 Å². The van der Waals surface area contributed by atoms with Gasteiger partial charge in [0.25, 0.3) is 0 Å². The highest BCUT2D eigenvalue weighted by Crippen LogP contribution is 2.28. The van der Waals surface area contributed by atoms with Gasteiger partial charge in [0, 0.05) is 19.5 Å². The summed E-state index contributed by atoms with van der Waals surface area (Å²) in [7, 11) is 0. The third kappa shape index (κ3) is 5.19. The summed E-state index contributed by atoms with van der Waals surface area (Å²) in [5.74, 6) is 0.203. The molecule has 1 aliphatic heterocycles. The molecule has 1 amide bonds. The van der Waals surface area contributed by atoms with E-state index in [4.69, 9.17) is 9.84 Å². The van der Waals surface area contributed by atoms with Crippen molar-refractivity contribution in [2.75, 3.05) is 26.3 Å². The molecule has 1 saturated heterocycles. The van der Waals surface area contributed by atoms with Crippen LogP contribution in [-0.2, 0) is 14.3 Å². The average Bonchev–Trinajstić information content (AvgIpc) is 3.15. The van der Waals surface area contributed by atoms with Gasteiger partial charge in [0.1, 0.15) is 6.61 Å². The lowest BCUT2D eigenvalue weighted by molar-refractivity contribution is -0.138. The monoisotopic (exact) mass is 269 g/mol. The zero-order valence-electron chi connectivity index (χ0n) is 11.3. The molecule has 5 heteroatoms. The van der Waals surface area contributed by atoms with Gasteiger partial charge in [-0.25, -0.2) is 0 Å². The van der Waals surface area contributed by atoms with Crippen LogP contribution in [0, 0.1) is 11.8 Å². The largest absolute Gasteiger partial charge is 0.481 e. The zero-order valence-corrected chi connectivity index (χ0v) is 11.3. The molecule has 5 nitrogen and oxygen atoms in total. The number of rotatable bonds is 6.